The molecule has 0 bridgehead atoms. The smallest absolute Gasteiger partial charge is 0.222 e. The SMILES string of the molecule is CC(C)(C)CCCc1ncccn1.CC(C)(C)CCS(C)(=O)=O.CCCC(C)(C)C.CCCCC(C)(C)C.CCN(CC)CCC(C)(C)C.CN(C)C(=O)CC(C)(C)C.CN(C)CC(O)CC(C)(C)C. The van der Waals surface area contributed by atoms with Crippen LogP contribution in [-0.4, -0.2) is 117 Å². The Hall–Kier alpha value is -1.62. The second kappa shape index (κ2) is 39.8. The molecule has 0 aliphatic carbocycles. The molecule has 10 heteroatoms. The summed E-state index contributed by atoms with van der Waals surface area (Å²) in [5.74, 6) is 1.47. The minimum atomic E-state index is -2.76. The van der Waals surface area contributed by atoms with Gasteiger partial charge in [0.2, 0.25) is 5.91 Å². The van der Waals surface area contributed by atoms with Crippen molar-refractivity contribution in [1.29, 1.82) is 0 Å². The van der Waals surface area contributed by atoms with Gasteiger partial charge in [-0.25, -0.2) is 18.4 Å². The molecule has 0 radical (unpaired) electrons. The van der Waals surface area contributed by atoms with Crippen LogP contribution in [0.15, 0.2) is 18.5 Å². The van der Waals surface area contributed by atoms with Gasteiger partial charge in [0.15, 0.2) is 0 Å². The Balaban J connectivity index is -0.000000172. The van der Waals surface area contributed by atoms with Gasteiger partial charge >= 0.3 is 0 Å². The Bertz CT molecular complexity index is 1430. The van der Waals surface area contributed by atoms with Gasteiger partial charge < -0.3 is 19.8 Å². The van der Waals surface area contributed by atoms with Gasteiger partial charge in [-0.05, 0) is 123 Å². The van der Waals surface area contributed by atoms with Crippen molar-refractivity contribution in [3.05, 3.63) is 24.3 Å². The molecule has 0 saturated carbocycles. The molecular formula is C60H129N5O4S. The number of nitrogens with zero attached hydrogens (tertiary/aromatic N) is 5. The molecule has 1 amide bonds. The number of hydrogen-bond donors (Lipinski definition) is 1. The first-order chi connectivity index (χ1) is 31.0. The van der Waals surface area contributed by atoms with Crippen LogP contribution in [0.1, 0.15) is 250 Å². The van der Waals surface area contributed by atoms with Gasteiger partial charge in [-0.2, -0.15) is 0 Å². The molecule has 1 rings (SSSR count). The average molecular weight is 1020 g/mol. The van der Waals surface area contributed by atoms with E-state index in [0.717, 1.165) is 31.6 Å². The number of sulfone groups is 1. The molecule has 0 aliphatic heterocycles. The largest absolute Gasteiger partial charge is 0.392 e. The van der Waals surface area contributed by atoms with Crippen molar-refractivity contribution < 1.29 is 18.3 Å². The normalized spacial score (nSPS) is 12.7. The summed E-state index contributed by atoms with van der Waals surface area (Å²) in [5, 5.41) is 9.51. The molecule has 0 fully saturated rings. The van der Waals surface area contributed by atoms with Gasteiger partial charge in [0, 0.05) is 52.1 Å². The third-order valence-electron chi connectivity index (χ3n) is 10.1. The monoisotopic (exact) mass is 1020 g/mol. The highest BCUT2D eigenvalue weighted by atomic mass is 32.2. The predicted molar refractivity (Wildman–Crippen MR) is 315 cm³/mol. The van der Waals surface area contributed by atoms with Crippen molar-refractivity contribution >= 4 is 15.7 Å². The average Bonchev–Trinajstić information content (AvgIpc) is 3.11. The maximum atomic E-state index is 11.1. The molecule has 1 heterocycles. The van der Waals surface area contributed by atoms with E-state index in [-0.39, 0.29) is 28.3 Å². The van der Waals surface area contributed by atoms with Crippen LogP contribution >= 0.6 is 0 Å². The minimum absolute atomic E-state index is 0.112. The summed E-state index contributed by atoms with van der Waals surface area (Å²) in [6, 6.07) is 1.85. The fourth-order valence-electron chi connectivity index (χ4n) is 6.02. The zero-order chi connectivity index (χ0) is 57.0. The predicted octanol–water partition coefficient (Wildman–Crippen LogP) is 16.0. The number of hydrogen-bond acceptors (Lipinski definition) is 8. The van der Waals surface area contributed by atoms with Gasteiger partial charge in [-0.3, -0.25) is 4.79 Å². The lowest BCUT2D eigenvalue weighted by Gasteiger charge is -2.24. The van der Waals surface area contributed by atoms with Crippen molar-refractivity contribution in [2.24, 2.45) is 37.9 Å². The molecule has 1 N–H and O–H groups in total. The standard InChI is InChI=1S/C11H18N2.C10H23N.C9H21NO.C8H17NO.C8H18.C7H16O2S.C7H16/c1-11(2,3)7-4-6-10-12-8-5-9-13-10;1-6-11(7-2)9-8-10(3,4)5;1-9(2,3)6-8(11)7-10(4)5;1-8(2,3)6-7(10)9(4)5;1-5-6-7-8(2,3)4;1-7(2,3)5-6-10(4,8)9;1-5-6-7(2,3)4/h5,8-9H,4,6-7H2,1-3H3;6-9H2,1-5H3;8,11H,6-7H2,1-5H3;6H2,1-5H3;5-7H2,1-4H3;5-6H2,1-4H3;5-6H2,1-4H3. The lowest BCUT2D eigenvalue weighted by molar-refractivity contribution is -0.130. The van der Waals surface area contributed by atoms with Gasteiger partial charge in [0.05, 0.1) is 11.9 Å². The molecule has 70 heavy (non-hydrogen) atoms. The van der Waals surface area contributed by atoms with E-state index in [1.807, 2.05) is 45.8 Å². The Labute approximate surface area is 441 Å². The summed E-state index contributed by atoms with van der Waals surface area (Å²) in [6.45, 7) is 59.5. The fraction of sp³-hybridized carbons (Fsp3) is 0.917. The topological polar surface area (TPSA) is 107 Å². The van der Waals surface area contributed by atoms with E-state index < -0.39 is 9.84 Å². The molecule has 1 aromatic rings. The van der Waals surface area contributed by atoms with E-state index in [9.17, 15) is 18.3 Å². The summed E-state index contributed by atoms with van der Waals surface area (Å²) in [7, 11) is 4.77. The van der Waals surface area contributed by atoms with E-state index in [2.05, 4.69) is 167 Å². The molecule has 424 valence electrons. The Morgan fingerprint density at radius 2 is 0.971 bits per heavy atom. The number of unbranched alkanes of at least 4 members (excludes halogenated alkanes) is 1. The van der Waals surface area contributed by atoms with Crippen molar-refractivity contribution in [3.63, 3.8) is 0 Å². The summed E-state index contributed by atoms with van der Waals surface area (Å²) >= 11 is 0. The zero-order valence-corrected chi connectivity index (χ0v) is 54.0. The second-order valence-electron chi connectivity index (χ2n) is 28.5. The third-order valence-corrected chi connectivity index (χ3v) is 11.1. The van der Waals surface area contributed by atoms with Crippen LogP contribution in [0, 0.1) is 37.9 Å². The van der Waals surface area contributed by atoms with Crippen LogP contribution in [0.25, 0.3) is 0 Å². The molecule has 1 unspecified atom stereocenters. The minimum Gasteiger partial charge on any atom is -0.392 e. The quantitative estimate of drug-likeness (QED) is 0.175. The first-order valence-corrected chi connectivity index (χ1v) is 29.3. The highest BCUT2D eigenvalue weighted by Gasteiger charge is 2.18. The number of rotatable bonds is 16. The maximum absolute atomic E-state index is 11.1. The molecular weight excluding hydrogens is 887 g/mol. The lowest BCUT2D eigenvalue weighted by atomic mass is 9.89. The first-order valence-electron chi connectivity index (χ1n) is 27.2. The molecule has 0 spiro atoms. The fourth-order valence-corrected chi connectivity index (χ4v) is 7.01. The molecule has 0 aliphatic rings. The van der Waals surface area contributed by atoms with E-state index in [4.69, 9.17) is 0 Å². The van der Waals surface area contributed by atoms with Crippen LogP contribution < -0.4 is 0 Å². The van der Waals surface area contributed by atoms with Crippen LogP contribution in [0.2, 0.25) is 0 Å². The van der Waals surface area contributed by atoms with Gasteiger partial charge in [0.25, 0.3) is 0 Å². The first kappa shape index (κ1) is 79.8. The molecule has 1 aromatic heterocycles. The number of likely N-dealkylation sites (N-methyl/N-ethyl adjacent to an activating group) is 1. The van der Waals surface area contributed by atoms with E-state index >= 15 is 0 Å². The molecule has 9 nitrogen and oxygen atoms in total. The Morgan fingerprint density at radius 3 is 1.20 bits per heavy atom. The number of carbonyl (C=O) groups is 1. The molecule has 0 aromatic carbocycles. The van der Waals surface area contributed by atoms with Gasteiger partial charge in [-0.1, -0.05) is 192 Å². The number of aryl methyl sites for hydroxylation is 1. The van der Waals surface area contributed by atoms with Gasteiger partial charge in [-0.15, -0.1) is 0 Å². The van der Waals surface area contributed by atoms with E-state index in [0.29, 0.717) is 33.8 Å². The summed E-state index contributed by atoms with van der Waals surface area (Å²) < 4.78 is 21.4. The summed E-state index contributed by atoms with van der Waals surface area (Å²) in [6.07, 6.45) is 18.4. The lowest BCUT2D eigenvalue weighted by Crippen LogP contribution is -2.29. The van der Waals surface area contributed by atoms with Crippen LogP contribution in [0.3, 0.4) is 0 Å². The number of aromatic nitrogens is 2. The summed E-state index contributed by atoms with van der Waals surface area (Å²) in [5.41, 5.74) is 2.49. The van der Waals surface area contributed by atoms with Crippen LogP contribution in [0.5, 0.6) is 0 Å². The second-order valence-corrected chi connectivity index (χ2v) is 30.8. The zero-order valence-electron chi connectivity index (χ0n) is 53.1. The van der Waals surface area contributed by atoms with Crippen molar-refractivity contribution in [2.75, 3.05) is 66.4 Å². The Morgan fingerprint density at radius 1 is 0.571 bits per heavy atom. The number of aliphatic hydroxyl groups is 1. The molecule has 0 saturated heterocycles. The summed E-state index contributed by atoms with van der Waals surface area (Å²) in [4.78, 5) is 25.6. The molecule has 1 atom stereocenters. The third kappa shape index (κ3) is 86.2. The van der Waals surface area contributed by atoms with Crippen molar-refractivity contribution in [1.82, 2.24) is 24.7 Å². The van der Waals surface area contributed by atoms with E-state index in [1.165, 1.54) is 77.3 Å². The highest BCUT2D eigenvalue weighted by Crippen LogP contribution is 2.24. The number of amides is 1. The van der Waals surface area contributed by atoms with E-state index in [1.54, 1.807) is 31.4 Å². The van der Waals surface area contributed by atoms with Crippen LogP contribution in [-0.2, 0) is 21.1 Å². The Kier molecular flexibility index (Phi) is 45.4. The number of aliphatic hydroxyl groups excluding tert-OH is 1. The highest BCUT2D eigenvalue weighted by molar-refractivity contribution is 7.90. The van der Waals surface area contributed by atoms with Crippen LogP contribution in [0.4, 0.5) is 0 Å². The maximum Gasteiger partial charge on any atom is 0.222 e. The van der Waals surface area contributed by atoms with Gasteiger partial charge in [0.1, 0.15) is 15.7 Å². The number of carbonyl (C=O) groups excluding carboxylic acids is 1. The van der Waals surface area contributed by atoms with Crippen molar-refractivity contribution in [2.45, 2.75) is 256 Å². The van der Waals surface area contributed by atoms with Crippen molar-refractivity contribution in [3.8, 4) is 0 Å².